The number of nitrogens with two attached hydrogens (primary N) is 2. The van der Waals surface area contributed by atoms with E-state index in [9.17, 15) is 9.59 Å². The molecule has 0 aromatic carbocycles. The number of oxime groups is 1. The quantitative estimate of drug-likeness (QED) is 0.467. The van der Waals surface area contributed by atoms with Crippen LogP contribution in [0.4, 0.5) is 5.13 Å². The molecule has 0 aliphatic carbocycles. The molecule has 2 heterocycles. The number of nitrogens with one attached hydrogen (secondary N) is 1. The van der Waals surface area contributed by atoms with E-state index in [4.69, 9.17) is 16.3 Å². The third-order valence-corrected chi connectivity index (χ3v) is 2.94. The van der Waals surface area contributed by atoms with Crippen LogP contribution in [0.25, 0.3) is 0 Å². The monoisotopic (exact) mass is 269 g/mol. The first-order valence-corrected chi connectivity index (χ1v) is 5.98. The zero-order valence-corrected chi connectivity index (χ0v) is 10.1. The van der Waals surface area contributed by atoms with Crippen LogP contribution in [0.2, 0.25) is 0 Å². The Morgan fingerprint density at radius 1 is 1.67 bits per heavy atom. The lowest BCUT2D eigenvalue weighted by atomic mass is 10.3. The number of primary amides is 1. The third kappa shape index (κ3) is 2.56. The summed E-state index contributed by atoms with van der Waals surface area (Å²) in [5.74, 6) is -1.06. The van der Waals surface area contributed by atoms with E-state index in [2.05, 4.69) is 15.5 Å². The van der Waals surface area contributed by atoms with Gasteiger partial charge in [0.25, 0.3) is 11.8 Å². The predicted molar refractivity (Wildman–Crippen MR) is 64.8 cm³/mol. The smallest absolute Gasteiger partial charge is 0.273 e. The van der Waals surface area contributed by atoms with Crippen LogP contribution in [0.15, 0.2) is 10.5 Å². The molecule has 1 fully saturated rings. The lowest BCUT2D eigenvalue weighted by Gasteiger charge is -2.05. The Bertz CT molecular complexity index is 512. The molecule has 2 rings (SSSR count). The lowest BCUT2D eigenvalue weighted by Crippen LogP contribution is -2.28. The molecular formula is C9H11N5O3S. The van der Waals surface area contributed by atoms with E-state index in [1.54, 1.807) is 0 Å². The topological polar surface area (TPSA) is 133 Å². The zero-order chi connectivity index (χ0) is 13.1. The van der Waals surface area contributed by atoms with Crippen LogP contribution in [0.1, 0.15) is 12.1 Å². The normalized spacial score (nSPS) is 19.7. The lowest BCUT2D eigenvalue weighted by molar-refractivity contribution is -0.129. The molecule has 1 atom stereocenters. The van der Waals surface area contributed by atoms with Crippen molar-refractivity contribution in [2.75, 3.05) is 12.3 Å². The maximum atomic E-state index is 11.2. The molecular weight excluding hydrogens is 258 g/mol. The highest BCUT2D eigenvalue weighted by Gasteiger charge is 2.26. The van der Waals surface area contributed by atoms with Crippen molar-refractivity contribution in [1.29, 1.82) is 0 Å². The van der Waals surface area contributed by atoms with E-state index in [1.807, 2.05) is 0 Å². The Balaban J connectivity index is 2.15. The highest BCUT2D eigenvalue weighted by Crippen LogP contribution is 2.13. The van der Waals surface area contributed by atoms with Gasteiger partial charge >= 0.3 is 0 Å². The Morgan fingerprint density at radius 2 is 2.44 bits per heavy atom. The number of thiazole rings is 1. The summed E-state index contributed by atoms with van der Waals surface area (Å²) in [6, 6.07) is 0. The molecule has 1 aromatic heterocycles. The molecule has 8 nitrogen and oxygen atoms in total. The summed E-state index contributed by atoms with van der Waals surface area (Å²) in [7, 11) is 0. The maximum absolute atomic E-state index is 11.2. The minimum absolute atomic E-state index is 0.150. The van der Waals surface area contributed by atoms with E-state index in [0.717, 1.165) is 11.3 Å². The van der Waals surface area contributed by atoms with E-state index >= 15 is 0 Å². The molecule has 18 heavy (non-hydrogen) atoms. The van der Waals surface area contributed by atoms with Crippen LogP contribution >= 0.6 is 11.3 Å². The largest absolute Gasteiger partial charge is 0.382 e. The van der Waals surface area contributed by atoms with Crippen molar-refractivity contribution in [2.24, 2.45) is 10.9 Å². The van der Waals surface area contributed by atoms with Gasteiger partial charge in [-0.3, -0.25) is 9.59 Å². The molecule has 0 saturated carbocycles. The number of nitrogens with zero attached hydrogens (tertiary/aromatic N) is 2. The number of nitrogen functional groups attached to an aromatic ring is 1. The fraction of sp³-hybridized carbons (Fsp3) is 0.333. The minimum atomic E-state index is -0.793. The molecule has 2 amide bonds. The van der Waals surface area contributed by atoms with Gasteiger partial charge in [-0.05, 0) is 0 Å². The number of carbonyl (C=O) groups excluding carboxylic acids is 2. The zero-order valence-electron chi connectivity index (χ0n) is 9.25. The third-order valence-electron chi connectivity index (χ3n) is 2.27. The summed E-state index contributed by atoms with van der Waals surface area (Å²) in [5.41, 5.74) is 10.7. The van der Waals surface area contributed by atoms with Gasteiger partial charge in [0.15, 0.2) is 10.8 Å². The predicted octanol–water partition coefficient (Wildman–Crippen LogP) is -1.18. The second-order valence-electron chi connectivity index (χ2n) is 3.55. The van der Waals surface area contributed by atoms with Gasteiger partial charge in [-0.2, -0.15) is 0 Å². The van der Waals surface area contributed by atoms with E-state index in [1.165, 1.54) is 5.38 Å². The van der Waals surface area contributed by atoms with Gasteiger partial charge < -0.3 is 21.6 Å². The Hall–Kier alpha value is -2.16. The average molecular weight is 269 g/mol. The fourth-order valence-corrected chi connectivity index (χ4v) is 1.95. The van der Waals surface area contributed by atoms with Crippen LogP contribution in [0.5, 0.6) is 0 Å². The van der Waals surface area contributed by atoms with Crippen LogP contribution in [0.3, 0.4) is 0 Å². The van der Waals surface area contributed by atoms with Crippen LogP contribution in [-0.4, -0.2) is 35.2 Å². The van der Waals surface area contributed by atoms with E-state index < -0.39 is 12.0 Å². The molecule has 1 unspecified atom stereocenters. The molecule has 1 aliphatic rings. The van der Waals surface area contributed by atoms with Crippen molar-refractivity contribution in [2.45, 2.75) is 12.5 Å². The standard InChI is InChI=1S/C9H11N5O3S/c10-7(15)6(4-3-18-9(11)13-4)14-17-5-1-2-12-8(5)16/h3,5H,1-2H2,(H2,10,15)(H2,11,13)(H,12,16)/b14-6-. The van der Waals surface area contributed by atoms with Crippen LogP contribution < -0.4 is 16.8 Å². The van der Waals surface area contributed by atoms with Crippen molar-refractivity contribution in [3.05, 3.63) is 11.1 Å². The molecule has 5 N–H and O–H groups in total. The molecule has 1 saturated heterocycles. The van der Waals surface area contributed by atoms with Gasteiger partial charge in [0.2, 0.25) is 6.10 Å². The number of hydrogen-bond donors (Lipinski definition) is 3. The first-order chi connectivity index (χ1) is 8.58. The van der Waals surface area contributed by atoms with Gasteiger partial charge in [0.1, 0.15) is 5.69 Å². The number of anilines is 1. The molecule has 96 valence electrons. The minimum Gasteiger partial charge on any atom is -0.382 e. The fourth-order valence-electron chi connectivity index (χ4n) is 1.40. The number of aromatic nitrogens is 1. The number of amides is 2. The molecule has 0 bridgehead atoms. The first-order valence-electron chi connectivity index (χ1n) is 5.10. The second kappa shape index (κ2) is 5.00. The van der Waals surface area contributed by atoms with Gasteiger partial charge in [0, 0.05) is 18.3 Å². The second-order valence-corrected chi connectivity index (χ2v) is 4.44. The van der Waals surface area contributed by atoms with Gasteiger partial charge in [-0.25, -0.2) is 4.98 Å². The van der Waals surface area contributed by atoms with E-state index in [-0.39, 0.29) is 22.4 Å². The number of carbonyl (C=O) groups is 2. The SMILES string of the molecule is NC(=O)/C(=N\OC1CCNC1=O)c1csc(N)n1. The van der Waals surface area contributed by atoms with Crippen molar-refractivity contribution in [3.63, 3.8) is 0 Å². The summed E-state index contributed by atoms with van der Waals surface area (Å²) in [6.45, 7) is 0.522. The highest BCUT2D eigenvalue weighted by molar-refractivity contribution is 7.13. The summed E-state index contributed by atoms with van der Waals surface area (Å²) in [5, 5.41) is 8.02. The molecule has 0 spiro atoms. The van der Waals surface area contributed by atoms with Crippen molar-refractivity contribution >= 4 is 34.0 Å². The molecule has 1 aliphatic heterocycles. The summed E-state index contributed by atoms with van der Waals surface area (Å²) in [4.78, 5) is 31.4. The molecule has 0 radical (unpaired) electrons. The van der Waals surface area contributed by atoms with Gasteiger partial charge in [-0.1, -0.05) is 5.16 Å². The summed E-state index contributed by atoms with van der Waals surface area (Å²) >= 11 is 1.15. The summed E-state index contributed by atoms with van der Waals surface area (Å²) < 4.78 is 0. The van der Waals surface area contributed by atoms with Crippen molar-refractivity contribution in [3.8, 4) is 0 Å². The Morgan fingerprint density at radius 3 is 2.94 bits per heavy atom. The highest BCUT2D eigenvalue weighted by atomic mass is 32.1. The summed E-state index contributed by atoms with van der Waals surface area (Å²) in [6.07, 6.45) is -0.205. The van der Waals surface area contributed by atoms with Crippen molar-refractivity contribution in [1.82, 2.24) is 10.3 Å². The van der Waals surface area contributed by atoms with Gasteiger partial charge in [-0.15, -0.1) is 11.3 Å². The Labute approximate surface area is 106 Å². The Kier molecular flexibility index (Phi) is 3.42. The number of hydrogen-bond acceptors (Lipinski definition) is 7. The average Bonchev–Trinajstić information content (AvgIpc) is 2.89. The van der Waals surface area contributed by atoms with Gasteiger partial charge in [0.05, 0.1) is 0 Å². The van der Waals surface area contributed by atoms with Crippen molar-refractivity contribution < 1.29 is 14.4 Å². The molecule has 1 aromatic rings. The van der Waals surface area contributed by atoms with E-state index in [0.29, 0.717) is 13.0 Å². The first kappa shape index (κ1) is 12.3. The number of rotatable bonds is 4. The van der Waals surface area contributed by atoms with Crippen LogP contribution in [0, 0.1) is 0 Å². The maximum Gasteiger partial charge on any atom is 0.273 e. The van der Waals surface area contributed by atoms with Crippen LogP contribution in [-0.2, 0) is 14.4 Å². The molecule has 9 heteroatoms.